The molecule has 0 amide bonds. The van der Waals surface area contributed by atoms with E-state index in [9.17, 15) is 0 Å². The van der Waals surface area contributed by atoms with Gasteiger partial charge in [0.2, 0.25) is 0 Å². The van der Waals surface area contributed by atoms with Crippen LogP contribution in [0.1, 0.15) is 51.9 Å². The highest BCUT2D eigenvalue weighted by atomic mass is 14.2. The Labute approximate surface area is 70.7 Å². The molecule has 1 atom stereocenters. The maximum atomic E-state index is 4.11. The van der Waals surface area contributed by atoms with Crippen molar-refractivity contribution < 1.29 is 0 Å². The molecule has 1 aliphatic carbocycles. The van der Waals surface area contributed by atoms with Crippen molar-refractivity contribution >= 4 is 0 Å². The lowest BCUT2D eigenvalue weighted by Gasteiger charge is -2.19. The van der Waals surface area contributed by atoms with Crippen LogP contribution in [0.15, 0.2) is 12.2 Å². The second kappa shape index (κ2) is 4.58. The Morgan fingerprint density at radius 2 is 2.18 bits per heavy atom. The van der Waals surface area contributed by atoms with Crippen molar-refractivity contribution in [1.29, 1.82) is 0 Å². The molecule has 1 fully saturated rings. The summed E-state index contributed by atoms with van der Waals surface area (Å²) in [4.78, 5) is 0. The molecule has 64 valence electrons. The Bertz CT molecular complexity index is 124. The number of allylic oxidation sites excluding steroid dienone is 1. The largest absolute Gasteiger partial charge is 0.0999 e. The van der Waals surface area contributed by atoms with E-state index < -0.39 is 0 Å². The fraction of sp³-hybridized carbons (Fsp3) is 0.818. The third-order valence-corrected chi connectivity index (χ3v) is 2.80. The molecule has 0 saturated heterocycles. The van der Waals surface area contributed by atoms with E-state index in [0.717, 1.165) is 5.92 Å². The molecule has 0 radical (unpaired) electrons. The zero-order valence-electron chi connectivity index (χ0n) is 7.73. The lowest BCUT2D eigenvalue weighted by Crippen LogP contribution is -2.03. The van der Waals surface area contributed by atoms with Gasteiger partial charge in [-0.05, 0) is 25.2 Å². The van der Waals surface area contributed by atoms with E-state index in [0.29, 0.717) is 0 Å². The molecule has 0 nitrogen and oxygen atoms in total. The van der Waals surface area contributed by atoms with Gasteiger partial charge in [-0.25, -0.2) is 0 Å². The summed E-state index contributed by atoms with van der Waals surface area (Å²) in [5.41, 5.74) is 1.50. The monoisotopic (exact) mass is 152 g/mol. The molecule has 0 aromatic heterocycles. The van der Waals surface area contributed by atoms with Gasteiger partial charge in [0.05, 0.1) is 0 Å². The molecule has 0 spiro atoms. The average Bonchev–Trinajstić information content (AvgIpc) is 1.96. The van der Waals surface area contributed by atoms with Gasteiger partial charge in [0.25, 0.3) is 0 Å². The maximum Gasteiger partial charge on any atom is -0.0295 e. The van der Waals surface area contributed by atoms with Crippen LogP contribution in [0.4, 0.5) is 0 Å². The van der Waals surface area contributed by atoms with Crippen LogP contribution >= 0.6 is 0 Å². The third-order valence-electron chi connectivity index (χ3n) is 2.80. The zero-order chi connectivity index (χ0) is 8.10. The van der Waals surface area contributed by atoms with Crippen molar-refractivity contribution in [3.8, 4) is 0 Å². The minimum Gasteiger partial charge on any atom is -0.0999 e. The van der Waals surface area contributed by atoms with Gasteiger partial charge >= 0.3 is 0 Å². The molecule has 1 saturated carbocycles. The summed E-state index contributed by atoms with van der Waals surface area (Å²) in [6, 6.07) is 0. The predicted molar refractivity (Wildman–Crippen MR) is 50.6 cm³/mol. The Morgan fingerprint density at radius 3 is 2.91 bits per heavy atom. The highest BCUT2D eigenvalue weighted by molar-refractivity contribution is 4.96. The Balaban J connectivity index is 2.35. The fourth-order valence-corrected chi connectivity index (χ4v) is 1.95. The Hall–Kier alpha value is -0.260. The lowest BCUT2D eigenvalue weighted by atomic mass is 9.87. The zero-order valence-corrected chi connectivity index (χ0v) is 7.73. The molecule has 1 aliphatic rings. The molecule has 0 N–H and O–H groups in total. The first-order valence-electron chi connectivity index (χ1n) is 4.99. The topological polar surface area (TPSA) is 0 Å². The first-order chi connectivity index (χ1) is 5.33. The SMILES string of the molecule is C=C1CCCCCC(CC)C1. The molecular formula is C11H20. The van der Waals surface area contributed by atoms with Crippen LogP contribution in [-0.4, -0.2) is 0 Å². The minimum absolute atomic E-state index is 0.947. The normalized spacial score (nSPS) is 27.7. The molecule has 0 bridgehead atoms. The first-order valence-corrected chi connectivity index (χ1v) is 4.99. The van der Waals surface area contributed by atoms with E-state index in [2.05, 4.69) is 13.5 Å². The Morgan fingerprint density at radius 1 is 1.36 bits per heavy atom. The van der Waals surface area contributed by atoms with Gasteiger partial charge in [-0.3, -0.25) is 0 Å². The molecule has 0 aromatic rings. The number of rotatable bonds is 1. The fourth-order valence-electron chi connectivity index (χ4n) is 1.95. The van der Waals surface area contributed by atoms with E-state index in [4.69, 9.17) is 0 Å². The van der Waals surface area contributed by atoms with Gasteiger partial charge in [-0.15, -0.1) is 0 Å². The average molecular weight is 152 g/mol. The minimum atomic E-state index is 0.947. The standard InChI is InChI=1S/C11H20/c1-3-11-8-6-4-5-7-10(2)9-11/h11H,2-9H2,1H3. The second-order valence-corrected chi connectivity index (χ2v) is 3.83. The lowest BCUT2D eigenvalue weighted by molar-refractivity contribution is 0.415. The van der Waals surface area contributed by atoms with Crippen LogP contribution < -0.4 is 0 Å². The summed E-state index contributed by atoms with van der Waals surface area (Å²) >= 11 is 0. The van der Waals surface area contributed by atoms with Gasteiger partial charge in [0.1, 0.15) is 0 Å². The molecular weight excluding hydrogens is 132 g/mol. The van der Waals surface area contributed by atoms with Gasteiger partial charge in [-0.1, -0.05) is 44.8 Å². The van der Waals surface area contributed by atoms with E-state index in [1.807, 2.05) is 0 Å². The molecule has 0 heterocycles. The molecule has 1 unspecified atom stereocenters. The van der Waals surface area contributed by atoms with Crippen LogP contribution in [0.3, 0.4) is 0 Å². The molecule has 0 heteroatoms. The Kier molecular flexibility index (Phi) is 3.68. The highest BCUT2D eigenvalue weighted by Crippen LogP contribution is 2.26. The van der Waals surface area contributed by atoms with Crippen molar-refractivity contribution in [3.63, 3.8) is 0 Å². The van der Waals surface area contributed by atoms with Crippen molar-refractivity contribution in [2.24, 2.45) is 5.92 Å². The molecule has 0 aliphatic heterocycles. The summed E-state index contributed by atoms with van der Waals surface area (Å²) in [5.74, 6) is 0.947. The van der Waals surface area contributed by atoms with E-state index in [1.165, 1.54) is 50.5 Å². The highest BCUT2D eigenvalue weighted by Gasteiger charge is 2.10. The van der Waals surface area contributed by atoms with Gasteiger partial charge in [0.15, 0.2) is 0 Å². The van der Waals surface area contributed by atoms with Crippen molar-refractivity contribution in [3.05, 3.63) is 12.2 Å². The van der Waals surface area contributed by atoms with Crippen LogP contribution in [-0.2, 0) is 0 Å². The van der Waals surface area contributed by atoms with Crippen LogP contribution in [0, 0.1) is 5.92 Å². The molecule has 11 heavy (non-hydrogen) atoms. The summed E-state index contributed by atoms with van der Waals surface area (Å²) in [6.07, 6.45) is 9.64. The van der Waals surface area contributed by atoms with Gasteiger partial charge < -0.3 is 0 Å². The number of hydrogen-bond donors (Lipinski definition) is 0. The van der Waals surface area contributed by atoms with Gasteiger partial charge in [-0.2, -0.15) is 0 Å². The second-order valence-electron chi connectivity index (χ2n) is 3.83. The maximum absolute atomic E-state index is 4.11. The van der Waals surface area contributed by atoms with Crippen molar-refractivity contribution in [2.75, 3.05) is 0 Å². The van der Waals surface area contributed by atoms with E-state index in [1.54, 1.807) is 0 Å². The summed E-state index contributed by atoms with van der Waals surface area (Å²) < 4.78 is 0. The van der Waals surface area contributed by atoms with Gasteiger partial charge in [0, 0.05) is 0 Å². The predicted octanol–water partition coefficient (Wildman–Crippen LogP) is 3.92. The summed E-state index contributed by atoms with van der Waals surface area (Å²) in [5, 5.41) is 0. The smallest absolute Gasteiger partial charge is 0.0295 e. The molecule has 0 aromatic carbocycles. The summed E-state index contributed by atoms with van der Waals surface area (Å²) in [7, 11) is 0. The van der Waals surface area contributed by atoms with Crippen LogP contribution in [0.5, 0.6) is 0 Å². The van der Waals surface area contributed by atoms with Crippen LogP contribution in [0.25, 0.3) is 0 Å². The van der Waals surface area contributed by atoms with E-state index in [-0.39, 0.29) is 0 Å². The first kappa shape index (κ1) is 8.83. The third kappa shape index (κ3) is 3.09. The quantitative estimate of drug-likeness (QED) is 0.499. The van der Waals surface area contributed by atoms with Crippen molar-refractivity contribution in [2.45, 2.75) is 51.9 Å². The van der Waals surface area contributed by atoms with E-state index >= 15 is 0 Å². The van der Waals surface area contributed by atoms with Crippen molar-refractivity contribution in [1.82, 2.24) is 0 Å². The summed E-state index contributed by atoms with van der Waals surface area (Å²) in [6.45, 7) is 6.42. The van der Waals surface area contributed by atoms with Crippen LogP contribution in [0.2, 0.25) is 0 Å². The molecule has 1 rings (SSSR count). The number of hydrogen-bond acceptors (Lipinski definition) is 0.